The van der Waals surface area contributed by atoms with Gasteiger partial charge in [-0.3, -0.25) is 9.78 Å². The summed E-state index contributed by atoms with van der Waals surface area (Å²) in [5, 5.41) is 3.78. The zero-order valence-electron chi connectivity index (χ0n) is 10.6. The molecule has 1 aromatic carbocycles. The molecule has 0 spiro atoms. The fourth-order valence-electron chi connectivity index (χ4n) is 1.73. The van der Waals surface area contributed by atoms with Crippen LogP contribution in [0, 0.1) is 5.92 Å². The number of carbonyl (C=O) groups is 1. The number of rotatable bonds is 3. The standard InChI is InChI=1S/C14H17N3O/c1-9(2)13(15)14(18)17-12-7-3-6-11-10(12)5-4-8-16-11/h3-9,13H,15H2,1-2H3,(H,17,18)/t13-/m0/s1. The Morgan fingerprint density at radius 2 is 2.06 bits per heavy atom. The summed E-state index contributed by atoms with van der Waals surface area (Å²) in [5.41, 5.74) is 7.43. The lowest BCUT2D eigenvalue weighted by atomic mass is 10.0. The fourth-order valence-corrected chi connectivity index (χ4v) is 1.73. The Labute approximate surface area is 106 Å². The van der Waals surface area contributed by atoms with E-state index in [1.54, 1.807) is 6.20 Å². The van der Waals surface area contributed by atoms with Crippen LogP contribution in [0.4, 0.5) is 5.69 Å². The second-order valence-corrected chi connectivity index (χ2v) is 4.63. The number of nitrogens with two attached hydrogens (primary N) is 1. The molecule has 4 nitrogen and oxygen atoms in total. The van der Waals surface area contributed by atoms with E-state index in [-0.39, 0.29) is 11.8 Å². The Morgan fingerprint density at radius 3 is 2.78 bits per heavy atom. The van der Waals surface area contributed by atoms with Crippen LogP contribution >= 0.6 is 0 Å². The van der Waals surface area contributed by atoms with Crippen LogP contribution in [0.5, 0.6) is 0 Å². The first-order valence-electron chi connectivity index (χ1n) is 6.00. The molecule has 0 saturated carbocycles. The third kappa shape index (κ3) is 2.49. The van der Waals surface area contributed by atoms with E-state index in [1.807, 2.05) is 44.2 Å². The van der Waals surface area contributed by atoms with Gasteiger partial charge in [0.15, 0.2) is 0 Å². The van der Waals surface area contributed by atoms with Crippen molar-refractivity contribution in [2.24, 2.45) is 11.7 Å². The van der Waals surface area contributed by atoms with Gasteiger partial charge in [-0.1, -0.05) is 19.9 Å². The highest BCUT2D eigenvalue weighted by atomic mass is 16.2. The number of fused-ring (bicyclic) bond motifs is 1. The minimum atomic E-state index is -0.503. The van der Waals surface area contributed by atoms with Crippen LogP contribution in [0.25, 0.3) is 10.9 Å². The Hall–Kier alpha value is -1.94. The third-order valence-corrected chi connectivity index (χ3v) is 2.92. The molecule has 0 saturated heterocycles. The molecule has 0 unspecified atom stereocenters. The van der Waals surface area contributed by atoms with E-state index in [0.29, 0.717) is 0 Å². The number of nitrogens with zero attached hydrogens (tertiary/aromatic N) is 1. The molecule has 1 amide bonds. The van der Waals surface area contributed by atoms with Gasteiger partial charge in [0.05, 0.1) is 17.2 Å². The maximum Gasteiger partial charge on any atom is 0.241 e. The maximum absolute atomic E-state index is 11.9. The second kappa shape index (κ2) is 5.14. The van der Waals surface area contributed by atoms with Gasteiger partial charge in [0.2, 0.25) is 5.91 Å². The molecule has 0 aliphatic carbocycles. The van der Waals surface area contributed by atoms with Crippen molar-refractivity contribution in [2.45, 2.75) is 19.9 Å². The molecule has 1 heterocycles. The molecule has 0 radical (unpaired) electrons. The first kappa shape index (κ1) is 12.5. The lowest BCUT2D eigenvalue weighted by Gasteiger charge is -2.16. The summed E-state index contributed by atoms with van der Waals surface area (Å²) in [4.78, 5) is 16.2. The molecule has 0 aliphatic heterocycles. The molecule has 3 N–H and O–H groups in total. The van der Waals surface area contributed by atoms with Crippen LogP contribution in [0.1, 0.15) is 13.8 Å². The van der Waals surface area contributed by atoms with Crippen molar-refractivity contribution in [1.82, 2.24) is 4.98 Å². The fraction of sp³-hybridized carbons (Fsp3) is 0.286. The topological polar surface area (TPSA) is 68.0 Å². The van der Waals surface area contributed by atoms with Gasteiger partial charge in [-0.15, -0.1) is 0 Å². The van der Waals surface area contributed by atoms with Crippen LogP contribution in [0.2, 0.25) is 0 Å². The number of benzene rings is 1. The van der Waals surface area contributed by atoms with Gasteiger partial charge in [0.25, 0.3) is 0 Å². The number of nitrogens with one attached hydrogen (secondary N) is 1. The summed E-state index contributed by atoms with van der Waals surface area (Å²) in [6.07, 6.45) is 1.73. The SMILES string of the molecule is CC(C)[C@H](N)C(=O)Nc1cccc2ncccc12. The van der Waals surface area contributed by atoms with Crippen LogP contribution in [-0.4, -0.2) is 16.9 Å². The highest BCUT2D eigenvalue weighted by molar-refractivity contribution is 6.02. The summed E-state index contributed by atoms with van der Waals surface area (Å²) < 4.78 is 0. The van der Waals surface area contributed by atoms with E-state index >= 15 is 0 Å². The number of hydrogen-bond donors (Lipinski definition) is 2. The van der Waals surface area contributed by atoms with E-state index < -0.39 is 6.04 Å². The van der Waals surface area contributed by atoms with Gasteiger partial charge < -0.3 is 11.1 Å². The van der Waals surface area contributed by atoms with E-state index in [9.17, 15) is 4.79 Å². The minimum absolute atomic E-state index is 0.109. The molecule has 2 aromatic rings. The van der Waals surface area contributed by atoms with Gasteiger partial charge in [-0.05, 0) is 30.2 Å². The number of aromatic nitrogens is 1. The number of pyridine rings is 1. The Bertz CT molecular complexity index is 560. The van der Waals surface area contributed by atoms with Gasteiger partial charge in [0, 0.05) is 11.6 Å². The molecule has 1 aromatic heterocycles. The largest absolute Gasteiger partial charge is 0.324 e. The van der Waals surface area contributed by atoms with Crippen molar-refractivity contribution in [1.29, 1.82) is 0 Å². The van der Waals surface area contributed by atoms with Crippen molar-refractivity contribution in [3.8, 4) is 0 Å². The number of amides is 1. The van der Waals surface area contributed by atoms with Gasteiger partial charge in [0.1, 0.15) is 0 Å². The minimum Gasteiger partial charge on any atom is -0.324 e. The van der Waals surface area contributed by atoms with E-state index in [4.69, 9.17) is 5.73 Å². The molecule has 4 heteroatoms. The highest BCUT2D eigenvalue weighted by Crippen LogP contribution is 2.21. The zero-order valence-corrected chi connectivity index (χ0v) is 10.6. The average molecular weight is 243 g/mol. The van der Waals surface area contributed by atoms with E-state index in [1.165, 1.54) is 0 Å². The molecule has 0 aliphatic rings. The van der Waals surface area contributed by atoms with Crippen molar-refractivity contribution >= 4 is 22.5 Å². The molecule has 0 fully saturated rings. The van der Waals surface area contributed by atoms with Crippen molar-refractivity contribution < 1.29 is 4.79 Å². The van der Waals surface area contributed by atoms with Crippen molar-refractivity contribution in [2.75, 3.05) is 5.32 Å². The lowest BCUT2D eigenvalue weighted by molar-refractivity contribution is -0.118. The predicted octanol–water partition coefficient (Wildman–Crippen LogP) is 2.16. The number of hydrogen-bond acceptors (Lipinski definition) is 3. The average Bonchev–Trinajstić information content (AvgIpc) is 2.38. The summed E-state index contributed by atoms with van der Waals surface area (Å²) in [6.45, 7) is 3.85. The lowest BCUT2D eigenvalue weighted by Crippen LogP contribution is -2.39. The van der Waals surface area contributed by atoms with Crippen molar-refractivity contribution in [3.63, 3.8) is 0 Å². The first-order chi connectivity index (χ1) is 8.59. The molecule has 1 atom stereocenters. The monoisotopic (exact) mass is 243 g/mol. The molecular weight excluding hydrogens is 226 g/mol. The maximum atomic E-state index is 11.9. The smallest absolute Gasteiger partial charge is 0.241 e. The van der Waals surface area contributed by atoms with Gasteiger partial charge >= 0.3 is 0 Å². The van der Waals surface area contributed by atoms with E-state index in [0.717, 1.165) is 16.6 Å². The van der Waals surface area contributed by atoms with Crippen LogP contribution < -0.4 is 11.1 Å². The van der Waals surface area contributed by atoms with Gasteiger partial charge in [-0.2, -0.15) is 0 Å². The van der Waals surface area contributed by atoms with Crippen molar-refractivity contribution in [3.05, 3.63) is 36.5 Å². The van der Waals surface area contributed by atoms with Gasteiger partial charge in [-0.25, -0.2) is 0 Å². The van der Waals surface area contributed by atoms with Crippen LogP contribution in [0.15, 0.2) is 36.5 Å². The molecular formula is C14H17N3O. The van der Waals surface area contributed by atoms with E-state index in [2.05, 4.69) is 10.3 Å². The normalized spacial score (nSPS) is 12.7. The number of carbonyl (C=O) groups excluding carboxylic acids is 1. The molecule has 0 bridgehead atoms. The van der Waals surface area contributed by atoms with Crippen LogP contribution in [-0.2, 0) is 4.79 Å². The summed E-state index contributed by atoms with van der Waals surface area (Å²) in [6, 6.07) is 8.91. The molecule has 2 rings (SSSR count). The molecule has 94 valence electrons. The molecule has 18 heavy (non-hydrogen) atoms. The summed E-state index contributed by atoms with van der Waals surface area (Å²) in [7, 11) is 0. The highest BCUT2D eigenvalue weighted by Gasteiger charge is 2.17. The quantitative estimate of drug-likeness (QED) is 0.868. The summed E-state index contributed by atoms with van der Waals surface area (Å²) in [5.74, 6) is -0.0561. The number of anilines is 1. The second-order valence-electron chi connectivity index (χ2n) is 4.63. The first-order valence-corrected chi connectivity index (χ1v) is 6.00. The zero-order chi connectivity index (χ0) is 13.1. The Balaban J connectivity index is 2.30. The third-order valence-electron chi connectivity index (χ3n) is 2.92. The predicted molar refractivity (Wildman–Crippen MR) is 73.2 cm³/mol. The Kier molecular flexibility index (Phi) is 3.58. The summed E-state index contributed by atoms with van der Waals surface area (Å²) >= 11 is 0. The Morgan fingerprint density at radius 1 is 1.28 bits per heavy atom. The van der Waals surface area contributed by atoms with Crippen LogP contribution in [0.3, 0.4) is 0 Å².